The molecule has 0 N–H and O–H groups in total. The van der Waals surface area contributed by atoms with Crippen LogP contribution in [0.4, 0.5) is 103 Å². The van der Waals surface area contributed by atoms with Crippen molar-refractivity contribution in [2.45, 2.75) is 55.4 Å². The highest BCUT2D eigenvalue weighted by atomic mass is 19.2. The Kier molecular flexibility index (Phi) is 24.4. The average molecular weight is 1940 g/mol. The maximum absolute atomic E-state index is 16.7. The minimum absolute atomic E-state index is 0.0437. The molecule has 148 heavy (non-hydrogen) atoms. The monoisotopic (exact) mass is 1940 g/mol. The van der Waals surface area contributed by atoms with Crippen molar-refractivity contribution < 1.29 is 35.1 Å². The molecule has 0 bridgehead atoms. The molecule has 0 saturated carbocycles. The van der Waals surface area contributed by atoms with Gasteiger partial charge < -0.3 is 19.6 Å². The zero-order chi connectivity index (χ0) is 102. The molecule has 0 spiro atoms. The van der Waals surface area contributed by atoms with Crippen LogP contribution >= 0.6 is 0 Å². The summed E-state index contributed by atoms with van der Waals surface area (Å²) in [7, 11) is 0. The molecular weight excluding hydrogens is 1840 g/mol. The van der Waals surface area contributed by atoms with E-state index in [1.165, 1.54) is 36.4 Å². The van der Waals surface area contributed by atoms with Gasteiger partial charge in [0.25, 0.3) is 0 Å². The van der Waals surface area contributed by atoms with Crippen LogP contribution in [-0.2, 0) is 0 Å². The third-order valence-corrected chi connectivity index (χ3v) is 28.6. The molecule has 0 aliphatic heterocycles. The first-order chi connectivity index (χ1) is 71.9. The summed E-state index contributed by atoms with van der Waals surface area (Å²) in [5.41, 5.74) is 29.2. The Labute approximate surface area is 854 Å². The van der Waals surface area contributed by atoms with Gasteiger partial charge in [-0.05, 0) is 333 Å². The molecule has 24 aromatic rings. The van der Waals surface area contributed by atoms with Crippen LogP contribution in [0.5, 0.6) is 0 Å². The highest BCUT2D eigenvalue weighted by Gasteiger charge is 2.32. The molecule has 24 aromatic carbocycles. The van der Waals surface area contributed by atoms with Crippen molar-refractivity contribution in [3.8, 4) is 89.0 Å². The summed E-state index contributed by atoms with van der Waals surface area (Å²) in [6.45, 7) is 16.4. The number of halogens is 8. The van der Waals surface area contributed by atoms with Gasteiger partial charge in [-0.2, -0.15) is 0 Å². The molecule has 0 aliphatic rings. The normalized spacial score (nSPS) is 11.5. The van der Waals surface area contributed by atoms with Crippen LogP contribution in [-0.4, -0.2) is 0 Å². The molecule has 0 saturated heterocycles. The molecule has 0 aliphatic carbocycles. The zero-order valence-corrected chi connectivity index (χ0v) is 82.4. The lowest BCUT2D eigenvalue weighted by molar-refractivity contribution is 0.510. The third-order valence-electron chi connectivity index (χ3n) is 28.6. The zero-order valence-electron chi connectivity index (χ0n) is 82.4. The number of aryl methyl sites for hydroxylation is 8. The number of hydrogen-bond acceptors (Lipinski definition) is 4. The van der Waals surface area contributed by atoms with E-state index in [4.69, 9.17) is 0 Å². The summed E-state index contributed by atoms with van der Waals surface area (Å²) in [4.78, 5) is 7.27. The number of hydrogen-bond donors (Lipinski definition) is 0. The summed E-state index contributed by atoms with van der Waals surface area (Å²) in [6.07, 6.45) is 0. The second-order valence-electron chi connectivity index (χ2n) is 38.9. The molecule has 24 rings (SSSR count). The SMILES string of the molecule is Cc1ccc(-c2cc(-c3ccc(C)cc3)cc(N(c3cc(F)ccc3F)c3ccc4ccc5c(N(c6cc(-c7ccc(C)cc7)cc(-c7ccc(C)cc7)c6)c6cc(F)ccc6F)ccc6ccc3c4c65)c2)cc1.Cc1ccc(-c2cc(-c3ccc(C)cc3)cc(N(c3cccc(F)c3F)c3ccc4ccc5c(N(c6cc(-c7ccc(C)cc7)cc(-c7ccc(C)cc7)c6)c6cccc(F)c6F)ccc6ccc3c4c65)c2)cc1. The highest BCUT2D eigenvalue weighted by Crippen LogP contribution is 2.55. The lowest BCUT2D eigenvalue weighted by Crippen LogP contribution is -2.14. The summed E-state index contributed by atoms with van der Waals surface area (Å²) in [5, 5.41) is 10.3. The van der Waals surface area contributed by atoms with E-state index in [-0.39, 0.29) is 22.7 Å². The lowest BCUT2D eigenvalue weighted by Gasteiger charge is -2.30. The summed E-state index contributed by atoms with van der Waals surface area (Å²) in [6, 6.07) is 139. The first-order valence-electron chi connectivity index (χ1n) is 49.4. The predicted octanol–water partition coefficient (Wildman–Crippen LogP) is 40.0. The first-order valence-corrected chi connectivity index (χ1v) is 49.4. The van der Waals surface area contributed by atoms with Crippen LogP contribution in [0.1, 0.15) is 44.5 Å². The maximum atomic E-state index is 16.7. The van der Waals surface area contributed by atoms with E-state index in [0.717, 1.165) is 222 Å². The van der Waals surface area contributed by atoms with Gasteiger partial charge in [-0.25, -0.2) is 35.1 Å². The molecule has 0 atom stereocenters. The molecule has 0 heterocycles. The molecule has 4 nitrogen and oxygen atoms in total. The van der Waals surface area contributed by atoms with Crippen molar-refractivity contribution in [3.63, 3.8) is 0 Å². The number of rotatable bonds is 20. The van der Waals surface area contributed by atoms with Crippen LogP contribution in [0.15, 0.2) is 437 Å². The van der Waals surface area contributed by atoms with Gasteiger partial charge >= 0.3 is 0 Å². The van der Waals surface area contributed by atoms with Crippen LogP contribution in [0.2, 0.25) is 0 Å². The maximum Gasteiger partial charge on any atom is 0.182 e. The molecular formula is C136H96F8N4. The Morgan fingerprint density at radius 1 is 0.142 bits per heavy atom. The molecule has 0 unspecified atom stereocenters. The lowest BCUT2D eigenvalue weighted by atomic mass is 9.91. The van der Waals surface area contributed by atoms with Crippen molar-refractivity contribution >= 4 is 133 Å². The van der Waals surface area contributed by atoms with E-state index in [2.05, 4.69) is 218 Å². The second kappa shape index (κ2) is 38.6. The fourth-order valence-corrected chi connectivity index (χ4v) is 20.9. The Hall–Kier alpha value is -18.0. The van der Waals surface area contributed by atoms with Crippen molar-refractivity contribution in [2.75, 3.05) is 19.6 Å². The minimum atomic E-state index is -0.983. The van der Waals surface area contributed by atoms with E-state index in [0.29, 0.717) is 45.5 Å². The second-order valence-corrected chi connectivity index (χ2v) is 38.9. The van der Waals surface area contributed by atoms with Gasteiger partial charge in [-0.1, -0.05) is 324 Å². The Balaban J connectivity index is 0.000000163. The predicted molar refractivity (Wildman–Crippen MR) is 600 cm³/mol. The van der Waals surface area contributed by atoms with Gasteiger partial charge in [0, 0.05) is 56.4 Å². The van der Waals surface area contributed by atoms with E-state index in [9.17, 15) is 0 Å². The number of nitrogens with zero attached hydrogens (tertiary/aromatic N) is 4. The van der Waals surface area contributed by atoms with Gasteiger partial charge in [-0.3, -0.25) is 0 Å². The third kappa shape index (κ3) is 17.9. The van der Waals surface area contributed by atoms with Crippen molar-refractivity contribution in [1.82, 2.24) is 0 Å². The van der Waals surface area contributed by atoms with Gasteiger partial charge in [-0.15, -0.1) is 0 Å². The molecule has 12 heteroatoms. The summed E-state index contributed by atoms with van der Waals surface area (Å²) < 4.78 is 129. The molecule has 0 amide bonds. The minimum Gasteiger partial charge on any atom is -0.307 e. The number of benzene rings is 24. The topological polar surface area (TPSA) is 13.0 Å². The molecule has 0 fully saturated rings. The van der Waals surface area contributed by atoms with Gasteiger partial charge in [0.1, 0.15) is 23.3 Å². The van der Waals surface area contributed by atoms with E-state index < -0.39 is 46.5 Å². The van der Waals surface area contributed by atoms with E-state index in [1.807, 2.05) is 221 Å². The van der Waals surface area contributed by atoms with Crippen LogP contribution < -0.4 is 19.6 Å². The van der Waals surface area contributed by atoms with Gasteiger partial charge in [0.15, 0.2) is 23.3 Å². The quantitative estimate of drug-likeness (QED) is 0.0557. The Morgan fingerprint density at radius 3 is 0.534 bits per heavy atom. The first kappa shape index (κ1) is 93.6. The van der Waals surface area contributed by atoms with E-state index >= 15 is 35.1 Å². The van der Waals surface area contributed by atoms with Crippen molar-refractivity contribution in [3.05, 3.63) is 528 Å². The van der Waals surface area contributed by atoms with E-state index in [1.54, 1.807) is 12.1 Å². The smallest absolute Gasteiger partial charge is 0.182 e. The summed E-state index contributed by atoms with van der Waals surface area (Å²) >= 11 is 0. The fourth-order valence-electron chi connectivity index (χ4n) is 20.9. The fraction of sp³-hybridized carbons (Fsp3) is 0.0588. The van der Waals surface area contributed by atoms with Gasteiger partial charge in [0.2, 0.25) is 0 Å². The molecule has 0 aromatic heterocycles. The standard InChI is InChI=1S/2C68H48F4N2/c1-41-5-13-45(14-6-41)51-33-52(46-15-7-42(2)8-16-46)36-57(35-51)73(65-39-55(69)25-29-61(65)71)63-31-23-49-22-28-60-64(32-24-50-21-27-59(63)67(49)68(50)60)74(66-40-56(70)26-30-62(66)72)58-37-53(47-17-9-43(3)10-18-47)34-54(38-58)48-19-11-44(4)12-20-48;1-41-11-19-45(20-12-41)51-35-52(46-21-13-42(2)14-22-46)38-55(37-51)73(63-9-5-7-59(69)67(63)71)61-33-29-49-28-32-58-62(34-30-50-27-31-57(61)65(49)66(50)58)74(64-10-6-8-60(70)68(64)72)56-39-53(47-23-15-43(3)16-24-47)36-54(40-56)48-25-17-44(4)18-26-48/h2*5-40H,1-4H3. The van der Waals surface area contributed by atoms with Crippen LogP contribution in [0, 0.1) is 102 Å². The average Bonchev–Trinajstić information content (AvgIpc) is 0.716. The van der Waals surface area contributed by atoms with Crippen molar-refractivity contribution in [1.29, 1.82) is 0 Å². The summed E-state index contributed by atoms with van der Waals surface area (Å²) in [5.74, 6) is -6.25. The van der Waals surface area contributed by atoms with Crippen LogP contribution in [0.3, 0.4) is 0 Å². The largest absolute Gasteiger partial charge is 0.307 e. The molecule has 716 valence electrons. The Bertz CT molecular complexity index is 8020. The number of anilines is 12. The highest BCUT2D eigenvalue weighted by molar-refractivity contribution is 6.30. The Morgan fingerprint density at radius 2 is 0.331 bits per heavy atom. The van der Waals surface area contributed by atoms with Crippen LogP contribution in [0.25, 0.3) is 154 Å². The molecule has 0 radical (unpaired) electrons. The van der Waals surface area contributed by atoms with Crippen molar-refractivity contribution in [2.24, 2.45) is 0 Å². The van der Waals surface area contributed by atoms with Gasteiger partial charge in [0.05, 0.1) is 45.5 Å².